The van der Waals surface area contributed by atoms with E-state index in [0.29, 0.717) is 0 Å². The monoisotopic (exact) mass is 617 g/mol. The van der Waals surface area contributed by atoms with Crippen molar-refractivity contribution in [2.24, 2.45) is 0 Å². The molecule has 0 saturated carbocycles. The highest BCUT2D eigenvalue weighted by atomic mass is 32.1. The molecule has 0 unspecified atom stereocenters. The van der Waals surface area contributed by atoms with Gasteiger partial charge < -0.3 is 0 Å². The predicted molar refractivity (Wildman–Crippen MR) is 199 cm³/mol. The first kappa shape index (κ1) is 27.5. The van der Waals surface area contributed by atoms with Crippen LogP contribution in [0, 0.1) is 0 Å². The van der Waals surface area contributed by atoms with Gasteiger partial charge in [-0.1, -0.05) is 127 Å². The van der Waals surface area contributed by atoms with Gasteiger partial charge in [0.15, 0.2) is 0 Å². The maximum atomic E-state index is 5.26. The van der Waals surface area contributed by atoms with Crippen LogP contribution in [-0.2, 0) is 0 Å². The van der Waals surface area contributed by atoms with Gasteiger partial charge in [0.05, 0.1) is 33.6 Å². The maximum Gasteiger partial charge on any atom is 0.0972 e. The highest BCUT2D eigenvalue weighted by molar-refractivity contribution is 7.80. The first-order chi connectivity index (χ1) is 23.2. The number of pyridine rings is 3. The van der Waals surface area contributed by atoms with Gasteiger partial charge in [0.1, 0.15) is 0 Å². The van der Waals surface area contributed by atoms with E-state index in [1.54, 1.807) is 0 Å². The van der Waals surface area contributed by atoms with Crippen molar-refractivity contribution in [3.05, 3.63) is 158 Å². The molecule has 3 nitrogen and oxygen atoms in total. The van der Waals surface area contributed by atoms with Gasteiger partial charge in [0.25, 0.3) is 0 Å². The van der Waals surface area contributed by atoms with Crippen molar-refractivity contribution in [1.29, 1.82) is 0 Å². The molecule has 220 valence electrons. The third kappa shape index (κ3) is 4.73. The van der Waals surface area contributed by atoms with Gasteiger partial charge in [-0.15, -0.1) is 12.6 Å². The van der Waals surface area contributed by atoms with Crippen LogP contribution in [0.4, 0.5) is 0 Å². The van der Waals surface area contributed by atoms with Crippen molar-refractivity contribution >= 4 is 56.1 Å². The summed E-state index contributed by atoms with van der Waals surface area (Å²) < 4.78 is 0. The Morgan fingerprint density at radius 2 is 0.830 bits per heavy atom. The number of hydrogen-bond acceptors (Lipinski definition) is 4. The standard InChI is InChI=1S/C43H27N3S/c47-43-31(27-9-3-1-4-10-27)21-25-40-36(43)22-26-38(44-40)34-19-20-35(33-14-8-7-13-32(33)34)39-24-18-30-16-15-29-17-23-37(28-11-5-2-6-12-28)45-41(29)42(30)46-39/h1-26,47H. The molecule has 0 fully saturated rings. The fourth-order valence-corrected chi connectivity index (χ4v) is 7.02. The lowest BCUT2D eigenvalue weighted by Crippen LogP contribution is -1.93. The molecular weight excluding hydrogens is 591 g/mol. The quantitative estimate of drug-likeness (QED) is 0.158. The van der Waals surface area contributed by atoms with Crippen molar-refractivity contribution in [3.8, 4) is 44.9 Å². The summed E-state index contributed by atoms with van der Waals surface area (Å²) in [7, 11) is 0. The molecule has 0 spiro atoms. The lowest BCUT2D eigenvalue weighted by Gasteiger charge is -2.14. The van der Waals surface area contributed by atoms with E-state index in [-0.39, 0.29) is 0 Å². The number of thiol groups is 1. The Morgan fingerprint density at radius 1 is 0.340 bits per heavy atom. The van der Waals surface area contributed by atoms with Crippen molar-refractivity contribution in [3.63, 3.8) is 0 Å². The van der Waals surface area contributed by atoms with E-state index in [4.69, 9.17) is 27.6 Å². The lowest BCUT2D eigenvalue weighted by atomic mass is 9.95. The van der Waals surface area contributed by atoms with Gasteiger partial charge in [-0.3, -0.25) is 0 Å². The van der Waals surface area contributed by atoms with E-state index < -0.39 is 0 Å². The molecule has 0 aliphatic rings. The fourth-order valence-electron chi connectivity index (χ4n) is 6.62. The Balaban J connectivity index is 1.17. The molecule has 0 N–H and O–H groups in total. The molecule has 4 heteroatoms. The molecule has 9 rings (SSSR count). The SMILES string of the molecule is Sc1c(-c2ccccc2)ccc2nc(-c3ccc(-c4ccc5ccc6ccc(-c7ccccc7)nc6c5n4)c4ccccc34)ccc12. The van der Waals surface area contributed by atoms with E-state index in [9.17, 15) is 0 Å². The maximum absolute atomic E-state index is 5.26. The summed E-state index contributed by atoms with van der Waals surface area (Å²) in [6.07, 6.45) is 0. The molecule has 0 aliphatic carbocycles. The van der Waals surface area contributed by atoms with Crippen LogP contribution < -0.4 is 0 Å². The van der Waals surface area contributed by atoms with Crippen LogP contribution >= 0.6 is 12.6 Å². The summed E-state index contributed by atoms with van der Waals surface area (Å²) in [5, 5.41) is 5.44. The van der Waals surface area contributed by atoms with E-state index >= 15 is 0 Å². The zero-order valence-corrected chi connectivity index (χ0v) is 26.2. The average molecular weight is 618 g/mol. The Morgan fingerprint density at radius 3 is 1.49 bits per heavy atom. The van der Waals surface area contributed by atoms with Gasteiger partial charge in [-0.2, -0.15) is 0 Å². The molecule has 0 saturated heterocycles. The van der Waals surface area contributed by atoms with Gasteiger partial charge in [-0.25, -0.2) is 15.0 Å². The van der Waals surface area contributed by atoms with E-state index in [0.717, 1.165) is 93.3 Å². The Hall–Kier alpha value is -5.84. The normalized spacial score (nSPS) is 11.5. The number of benzene rings is 6. The second-order valence-electron chi connectivity index (χ2n) is 11.8. The molecule has 0 amide bonds. The molecule has 0 atom stereocenters. The minimum atomic E-state index is 0.902. The van der Waals surface area contributed by atoms with Crippen LogP contribution in [0.25, 0.3) is 88.4 Å². The number of nitrogens with zero attached hydrogens (tertiary/aromatic N) is 3. The number of fused-ring (bicyclic) bond motifs is 5. The van der Waals surface area contributed by atoms with Crippen LogP contribution in [0.2, 0.25) is 0 Å². The van der Waals surface area contributed by atoms with Crippen molar-refractivity contribution in [1.82, 2.24) is 15.0 Å². The fraction of sp³-hybridized carbons (Fsp3) is 0. The molecule has 6 aromatic carbocycles. The number of hydrogen-bond donors (Lipinski definition) is 1. The van der Waals surface area contributed by atoms with Crippen molar-refractivity contribution in [2.45, 2.75) is 4.90 Å². The minimum absolute atomic E-state index is 0.902. The van der Waals surface area contributed by atoms with Crippen LogP contribution in [-0.4, -0.2) is 15.0 Å². The smallest absolute Gasteiger partial charge is 0.0972 e. The average Bonchev–Trinajstić information content (AvgIpc) is 3.14. The van der Waals surface area contributed by atoms with Crippen molar-refractivity contribution < 1.29 is 0 Å². The van der Waals surface area contributed by atoms with Gasteiger partial charge >= 0.3 is 0 Å². The molecule has 3 aromatic heterocycles. The molecule has 0 radical (unpaired) electrons. The second kappa shape index (κ2) is 11.2. The van der Waals surface area contributed by atoms with Crippen LogP contribution in [0.1, 0.15) is 0 Å². The Bertz CT molecular complexity index is 2630. The summed E-state index contributed by atoms with van der Waals surface area (Å²) in [4.78, 5) is 16.4. The third-order valence-corrected chi connectivity index (χ3v) is 9.47. The van der Waals surface area contributed by atoms with Crippen LogP contribution in [0.3, 0.4) is 0 Å². The van der Waals surface area contributed by atoms with Gasteiger partial charge in [0.2, 0.25) is 0 Å². The summed E-state index contributed by atoms with van der Waals surface area (Å²) >= 11 is 4.93. The van der Waals surface area contributed by atoms with E-state index in [1.165, 1.54) is 0 Å². The van der Waals surface area contributed by atoms with Gasteiger partial charge in [0, 0.05) is 37.7 Å². The van der Waals surface area contributed by atoms with Crippen LogP contribution in [0.5, 0.6) is 0 Å². The summed E-state index contributed by atoms with van der Waals surface area (Å²) in [5.74, 6) is 0. The molecule has 0 bridgehead atoms. The lowest BCUT2D eigenvalue weighted by molar-refractivity contribution is 1.37. The van der Waals surface area contributed by atoms with Gasteiger partial charge in [-0.05, 0) is 52.2 Å². The van der Waals surface area contributed by atoms with Crippen LogP contribution in [0.15, 0.2) is 163 Å². The highest BCUT2D eigenvalue weighted by Gasteiger charge is 2.15. The second-order valence-corrected chi connectivity index (χ2v) is 12.2. The first-order valence-electron chi connectivity index (χ1n) is 15.7. The zero-order chi connectivity index (χ0) is 31.3. The minimum Gasteiger partial charge on any atom is -0.248 e. The molecule has 3 heterocycles. The largest absolute Gasteiger partial charge is 0.248 e. The Labute approximate surface area is 277 Å². The zero-order valence-electron chi connectivity index (χ0n) is 25.3. The third-order valence-electron chi connectivity index (χ3n) is 8.99. The predicted octanol–water partition coefficient (Wildman–Crippen LogP) is 11.4. The summed E-state index contributed by atoms with van der Waals surface area (Å²) in [6, 6.07) is 54.7. The summed E-state index contributed by atoms with van der Waals surface area (Å²) in [5.41, 5.74) is 11.0. The summed E-state index contributed by atoms with van der Waals surface area (Å²) in [6.45, 7) is 0. The highest BCUT2D eigenvalue weighted by Crippen LogP contribution is 2.38. The topological polar surface area (TPSA) is 38.7 Å². The van der Waals surface area contributed by atoms with E-state index in [2.05, 4.69) is 133 Å². The van der Waals surface area contributed by atoms with E-state index in [1.807, 2.05) is 24.3 Å². The molecule has 0 aliphatic heterocycles. The Kier molecular flexibility index (Phi) is 6.54. The first-order valence-corrected chi connectivity index (χ1v) is 16.1. The molecular formula is C43H27N3S. The van der Waals surface area contributed by atoms with Crippen molar-refractivity contribution in [2.75, 3.05) is 0 Å². The number of aromatic nitrogens is 3. The molecule has 47 heavy (non-hydrogen) atoms. The number of rotatable bonds is 4. The molecule has 9 aromatic rings.